The van der Waals surface area contributed by atoms with E-state index >= 15 is 0 Å². The van der Waals surface area contributed by atoms with Crippen molar-refractivity contribution in [1.29, 1.82) is 0 Å². The summed E-state index contributed by atoms with van der Waals surface area (Å²) in [5.74, 6) is -1.47. The van der Waals surface area contributed by atoms with Gasteiger partial charge in [-0.2, -0.15) is 0 Å². The number of carbonyl (C=O) groups excluding carboxylic acids is 2. The van der Waals surface area contributed by atoms with Crippen LogP contribution in [0.15, 0.2) is 60.8 Å². The molecule has 0 saturated heterocycles. The van der Waals surface area contributed by atoms with Crippen LogP contribution in [0.1, 0.15) is 85.0 Å². The van der Waals surface area contributed by atoms with E-state index in [-0.39, 0.29) is 37.9 Å². The molecule has 0 aromatic heterocycles. The van der Waals surface area contributed by atoms with Crippen LogP contribution < -0.4 is 5.32 Å². The second kappa shape index (κ2) is 21.6. The standard InChI is InChI=1S/C29H45NO5/c1-4-5-6-7-8-9-10-11-12-13-14-15-16-17-18-19-20-21-28(34)35-25-29(2,3)24-26(31)30-23-22-27(32)33/h5-6,8-9,11-12,14-15,17-18H,4,7,10,13,16,19-25H2,1-3H3,(H,30,31)(H,32,33)/b6-5-,9-8-,12-11-,15-14-,18-17-. The molecule has 35 heavy (non-hydrogen) atoms. The molecule has 0 aromatic rings. The first kappa shape index (κ1) is 32.1. The highest BCUT2D eigenvalue weighted by molar-refractivity contribution is 5.77. The number of carboxylic acid groups (broad SMARTS) is 1. The molecule has 0 unspecified atom stereocenters. The predicted octanol–water partition coefficient (Wildman–Crippen LogP) is 6.46. The van der Waals surface area contributed by atoms with Crippen LogP contribution >= 0.6 is 0 Å². The molecule has 0 heterocycles. The highest BCUT2D eigenvalue weighted by atomic mass is 16.5. The van der Waals surface area contributed by atoms with E-state index in [4.69, 9.17) is 9.84 Å². The van der Waals surface area contributed by atoms with Crippen molar-refractivity contribution in [1.82, 2.24) is 5.32 Å². The second-order valence-electron chi connectivity index (χ2n) is 9.10. The van der Waals surface area contributed by atoms with E-state index in [1.54, 1.807) is 0 Å². The second-order valence-corrected chi connectivity index (χ2v) is 9.10. The van der Waals surface area contributed by atoms with Gasteiger partial charge in [-0.3, -0.25) is 14.4 Å². The molecular weight excluding hydrogens is 442 g/mol. The summed E-state index contributed by atoms with van der Waals surface area (Å²) in [6.45, 7) is 6.07. The van der Waals surface area contributed by atoms with Crippen molar-refractivity contribution in [2.24, 2.45) is 5.41 Å². The molecular formula is C29H45NO5. The quantitative estimate of drug-likeness (QED) is 0.117. The first-order valence-corrected chi connectivity index (χ1v) is 12.7. The number of carbonyl (C=O) groups is 3. The first-order chi connectivity index (χ1) is 16.8. The van der Waals surface area contributed by atoms with Crippen LogP contribution in [0.25, 0.3) is 0 Å². The zero-order valence-corrected chi connectivity index (χ0v) is 21.8. The van der Waals surface area contributed by atoms with Crippen molar-refractivity contribution in [3.05, 3.63) is 60.8 Å². The monoisotopic (exact) mass is 487 g/mol. The Bertz CT molecular complexity index is 744. The summed E-state index contributed by atoms with van der Waals surface area (Å²) in [5, 5.41) is 11.2. The van der Waals surface area contributed by atoms with Crippen molar-refractivity contribution in [3.63, 3.8) is 0 Å². The molecule has 0 aliphatic rings. The fourth-order valence-electron chi connectivity index (χ4n) is 2.94. The number of aliphatic carboxylic acids is 1. The lowest BCUT2D eigenvalue weighted by atomic mass is 9.90. The van der Waals surface area contributed by atoms with Crippen LogP contribution in [0.2, 0.25) is 0 Å². The van der Waals surface area contributed by atoms with Crippen LogP contribution in [0.5, 0.6) is 0 Å². The summed E-state index contributed by atoms with van der Waals surface area (Å²) >= 11 is 0. The summed E-state index contributed by atoms with van der Waals surface area (Å²) in [6, 6.07) is 0. The van der Waals surface area contributed by atoms with Crippen molar-refractivity contribution >= 4 is 17.8 Å². The maximum Gasteiger partial charge on any atom is 0.305 e. The molecule has 6 heteroatoms. The fraction of sp³-hybridized carbons (Fsp3) is 0.552. The van der Waals surface area contributed by atoms with E-state index in [2.05, 4.69) is 73.0 Å². The molecule has 6 nitrogen and oxygen atoms in total. The molecule has 0 saturated carbocycles. The molecule has 1 amide bonds. The van der Waals surface area contributed by atoms with Gasteiger partial charge in [0.25, 0.3) is 0 Å². The number of nitrogens with one attached hydrogen (secondary N) is 1. The largest absolute Gasteiger partial charge is 0.481 e. The molecule has 0 fully saturated rings. The molecule has 0 aliphatic heterocycles. The van der Waals surface area contributed by atoms with Gasteiger partial charge in [-0.05, 0) is 44.9 Å². The molecule has 2 N–H and O–H groups in total. The Balaban J connectivity index is 3.80. The minimum Gasteiger partial charge on any atom is -0.481 e. The SMILES string of the molecule is CC/C=C\C/C=C\C/C=C\C/C=C\C/C=C\CCCC(=O)OCC(C)(C)CC(=O)NCCC(=O)O. The molecule has 0 aliphatic carbocycles. The Labute approximate surface area is 211 Å². The fourth-order valence-corrected chi connectivity index (χ4v) is 2.94. The van der Waals surface area contributed by atoms with Crippen LogP contribution in [0, 0.1) is 5.41 Å². The van der Waals surface area contributed by atoms with Gasteiger partial charge in [0, 0.05) is 24.8 Å². The number of rotatable bonds is 20. The van der Waals surface area contributed by atoms with Gasteiger partial charge in [-0.25, -0.2) is 0 Å². The number of hydrogen-bond acceptors (Lipinski definition) is 4. The van der Waals surface area contributed by atoms with Gasteiger partial charge in [0.05, 0.1) is 13.0 Å². The lowest BCUT2D eigenvalue weighted by Crippen LogP contribution is -2.33. The number of carboxylic acids is 1. The van der Waals surface area contributed by atoms with Gasteiger partial charge < -0.3 is 15.2 Å². The van der Waals surface area contributed by atoms with Gasteiger partial charge in [-0.15, -0.1) is 0 Å². The molecule has 0 atom stereocenters. The number of unbranched alkanes of at least 4 members (excludes halogenated alkanes) is 1. The van der Waals surface area contributed by atoms with Crippen molar-refractivity contribution < 1.29 is 24.2 Å². The summed E-state index contributed by atoms with van der Waals surface area (Å²) < 4.78 is 5.32. The summed E-state index contributed by atoms with van der Waals surface area (Å²) in [6.07, 6.45) is 28.4. The molecule has 0 spiro atoms. The number of esters is 1. The first-order valence-electron chi connectivity index (χ1n) is 12.7. The number of ether oxygens (including phenoxy) is 1. The number of allylic oxidation sites excluding steroid dienone is 10. The van der Waals surface area contributed by atoms with E-state index in [1.165, 1.54) is 0 Å². The van der Waals surface area contributed by atoms with E-state index < -0.39 is 11.4 Å². The minimum absolute atomic E-state index is 0.0971. The van der Waals surface area contributed by atoms with Crippen LogP contribution in [0.3, 0.4) is 0 Å². The summed E-state index contributed by atoms with van der Waals surface area (Å²) in [4.78, 5) is 34.3. The topological polar surface area (TPSA) is 92.7 Å². The van der Waals surface area contributed by atoms with Crippen LogP contribution in [0.4, 0.5) is 0 Å². The van der Waals surface area contributed by atoms with Crippen LogP contribution in [-0.4, -0.2) is 36.1 Å². The zero-order chi connectivity index (χ0) is 26.2. The summed E-state index contributed by atoms with van der Waals surface area (Å²) in [5.41, 5.74) is -0.507. The van der Waals surface area contributed by atoms with E-state index in [0.717, 1.165) is 44.9 Å². The third-order valence-electron chi connectivity index (χ3n) is 4.83. The predicted molar refractivity (Wildman–Crippen MR) is 143 cm³/mol. The molecule has 0 aromatic carbocycles. The Kier molecular flexibility index (Phi) is 19.8. The molecule has 0 radical (unpaired) electrons. The van der Waals surface area contributed by atoms with Gasteiger partial charge in [0.1, 0.15) is 0 Å². The smallest absolute Gasteiger partial charge is 0.305 e. The van der Waals surface area contributed by atoms with Crippen molar-refractivity contribution in [2.45, 2.75) is 85.0 Å². The summed E-state index contributed by atoms with van der Waals surface area (Å²) in [7, 11) is 0. The van der Waals surface area contributed by atoms with Crippen molar-refractivity contribution in [3.8, 4) is 0 Å². The normalized spacial score (nSPS) is 12.5. The van der Waals surface area contributed by atoms with Gasteiger partial charge >= 0.3 is 11.9 Å². The number of hydrogen-bond donors (Lipinski definition) is 2. The Morgan fingerprint density at radius 2 is 1.31 bits per heavy atom. The van der Waals surface area contributed by atoms with E-state index in [0.29, 0.717) is 6.42 Å². The lowest BCUT2D eigenvalue weighted by Gasteiger charge is -2.23. The third kappa shape index (κ3) is 24.0. The van der Waals surface area contributed by atoms with Gasteiger partial charge in [0.2, 0.25) is 5.91 Å². The van der Waals surface area contributed by atoms with Crippen molar-refractivity contribution in [2.75, 3.05) is 13.2 Å². The Morgan fingerprint density at radius 1 is 0.800 bits per heavy atom. The van der Waals surface area contributed by atoms with Gasteiger partial charge in [-0.1, -0.05) is 81.5 Å². The molecule has 0 rings (SSSR count). The minimum atomic E-state index is -0.955. The number of amides is 1. The zero-order valence-electron chi connectivity index (χ0n) is 21.8. The average molecular weight is 488 g/mol. The van der Waals surface area contributed by atoms with E-state index in [1.807, 2.05) is 13.8 Å². The maximum atomic E-state index is 11.9. The highest BCUT2D eigenvalue weighted by Crippen LogP contribution is 2.21. The average Bonchev–Trinajstić information content (AvgIpc) is 2.79. The van der Waals surface area contributed by atoms with Gasteiger partial charge in [0.15, 0.2) is 0 Å². The highest BCUT2D eigenvalue weighted by Gasteiger charge is 2.24. The lowest BCUT2D eigenvalue weighted by molar-refractivity contribution is -0.148. The molecule has 0 bridgehead atoms. The van der Waals surface area contributed by atoms with E-state index in [9.17, 15) is 14.4 Å². The Hall–Kier alpha value is -2.89. The third-order valence-corrected chi connectivity index (χ3v) is 4.83. The molecule has 196 valence electrons. The Morgan fingerprint density at radius 3 is 1.83 bits per heavy atom. The van der Waals surface area contributed by atoms with Crippen LogP contribution in [-0.2, 0) is 19.1 Å². The maximum absolute atomic E-state index is 11.9.